The molecular formula is C19H20INO2. The van der Waals surface area contributed by atoms with Crippen molar-refractivity contribution in [3.8, 4) is 5.75 Å². The van der Waals surface area contributed by atoms with Gasteiger partial charge in [-0.1, -0.05) is 18.2 Å². The molecule has 0 radical (unpaired) electrons. The predicted octanol–water partition coefficient (Wildman–Crippen LogP) is 4.04. The molecule has 120 valence electrons. The summed E-state index contributed by atoms with van der Waals surface area (Å²) in [5.74, 6) is 0.613. The van der Waals surface area contributed by atoms with Crippen LogP contribution in [0, 0.1) is 3.57 Å². The molecule has 23 heavy (non-hydrogen) atoms. The van der Waals surface area contributed by atoms with Gasteiger partial charge in [0.15, 0.2) is 6.61 Å². The van der Waals surface area contributed by atoms with Gasteiger partial charge in [0.05, 0.1) is 6.04 Å². The lowest BCUT2D eigenvalue weighted by Gasteiger charge is -2.16. The molecule has 3 rings (SSSR count). The van der Waals surface area contributed by atoms with E-state index in [1.54, 1.807) is 0 Å². The highest BCUT2D eigenvalue weighted by Crippen LogP contribution is 2.25. The number of rotatable bonds is 5. The second-order valence-corrected chi connectivity index (χ2v) is 7.16. The van der Waals surface area contributed by atoms with Gasteiger partial charge in [-0.25, -0.2) is 0 Å². The number of ether oxygens (including phenoxy) is 1. The molecule has 0 saturated carbocycles. The number of hydrogen-bond acceptors (Lipinski definition) is 2. The number of hydrogen-bond donors (Lipinski definition) is 1. The lowest BCUT2D eigenvalue weighted by Crippen LogP contribution is -2.31. The van der Waals surface area contributed by atoms with Crippen molar-refractivity contribution in [1.82, 2.24) is 5.32 Å². The highest BCUT2D eigenvalue weighted by molar-refractivity contribution is 14.1. The number of halogens is 1. The van der Waals surface area contributed by atoms with Crippen molar-refractivity contribution in [3.05, 3.63) is 62.7 Å². The first-order valence-electron chi connectivity index (χ1n) is 7.91. The Morgan fingerprint density at radius 1 is 1.17 bits per heavy atom. The van der Waals surface area contributed by atoms with Gasteiger partial charge in [0, 0.05) is 3.57 Å². The fraction of sp³-hybridized carbons (Fsp3) is 0.316. The summed E-state index contributed by atoms with van der Waals surface area (Å²) in [7, 11) is 0. The second-order valence-electron chi connectivity index (χ2n) is 5.91. The van der Waals surface area contributed by atoms with Crippen LogP contribution in [0.1, 0.15) is 36.1 Å². The molecule has 1 N–H and O–H groups in total. The second kappa shape index (κ2) is 7.34. The molecule has 1 aliphatic carbocycles. The van der Waals surface area contributed by atoms with Gasteiger partial charge in [0.25, 0.3) is 5.91 Å². The van der Waals surface area contributed by atoms with Gasteiger partial charge in [-0.2, -0.15) is 0 Å². The largest absolute Gasteiger partial charge is 0.484 e. The van der Waals surface area contributed by atoms with E-state index in [0.29, 0.717) is 5.75 Å². The van der Waals surface area contributed by atoms with Crippen molar-refractivity contribution >= 4 is 28.5 Å². The van der Waals surface area contributed by atoms with E-state index < -0.39 is 0 Å². The zero-order valence-electron chi connectivity index (χ0n) is 13.1. The Labute approximate surface area is 150 Å². The Morgan fingerprint density at radius 3 is 2.70 bits per heavy atom. The highest BCUT2D eigenvalue weighted by Gasteiger charge is 2.15. The summed E-state index contributed by atoms with van der Waals surface area (Å²) >= 11 is 2.24. The van der Waals surface area contributed by atoms with E-state index in [4.69, 9.17) is 4.74 Å². The molecule has 0 heterocycles. The molecule has 1 unspecified atom stereocenters. The number of carbonyl (C=O) groups excluding carboxylic acids is 1. The Kier molecular flexibility index (Phi) is 5.20. The average molecular weight is 421 g/mol. The maximum absolute atomic E-state index is 12.1. The minimum atomic E-state index is -0.100. The topological polar surface area (TPSA) is 38.3 Å². The third-order valence-corrected chi connectivity index (χ3v) is 4.90. The van der Waals surface area contributed by atoms with Gasteiger partial charge in [0.2, 0.25) is 0 Å². The van der Waals surface area contributed by atoms with Crippen LogP contribution < -0.4 is 10.1 Å². The molecule has 1 atom stereocenters. The maximum atomic E-state index is 12.1. The number of amides is 1. The SMILES string of the molecule is CC(NC(=O)COc1ccc(I)cc1)c1ccc2c(c1)CCC2. The third-order valence-electron chi connectivity index (χ3n) is 4.18. The van der Waals surface area contributed by atoms with Crippen LogP contribution in [0.25, 0.3) is 0 Å². The molecule has 1 aliphatic rings. The fourth-order valence-electron chi connectivity index (χ4n) is 2.91. The maximum Gasteiger partial charge on any atom is 0.258 e. The molecule has 0 saturated heterocycles. The summed E-state index contributed by atoms with van der Waals surface area (Å²) in [5, 5.41) is 3.00. The third kappa shape index (κ3) is 4.25. The van der Waals surface area contributed by atoms with Crippen LogP contribution in [0.3, 0.4) is 0 Å². The van der Waals surface area contributed by atoms with E-state index in [1.807, 2.05) is 31.2 Å². The van der Waals surface area contributed by atoms with Crippen molar-refractivity contribution in [2.75, 3.05) is 6.61 Å². The van der Waals surface area contributed by atoms with Crippen molar-refractivity contribution < 1.29 is 9.53 Å². The molecule has 2 aromatic rings. The van der Waals surface area contributed by atoms with Crippen LogP contribution in [0.15, 0.2) is 42.5 Å². The van der Waals surface area contributed by atoms with Crippen molar-refractivity contribution in [3.63, 3.8) is 0 Å². The lowest BCUT2D eigenvalue weighted by atomic mass is 10.0. The summed E-state index contributed by atoms with van der Waals surface area (Å²) < 4.78 is 6.66. The van der Waals surface area contributed by atoms with Crippen LogP contribution in [-0.4, -0.2) is 12.5 Å². The zero-order chi connectivity index (χ0) is 16.2. The first-order chi connectivity index (χ1) is 11.1. The van der Waals surface area contributed by atoms with Crippen LogP contribution in [-0.2, 0) is 17.6 Å². The summed E-state index contributed by atoms with van der Waals surface area (Å²) in [6.07, 6.45) is 3.57. The minimum absolute atomic E-state index is 0.00581. The molecule has 4 heteroatoms. The number of nitrogens with one attached hydrogen (secondary N) is 1. The molecule has 3 nitrogen and oxygen atoms in total. The molecular weight excluding hydrogens is 401 g/mol. The molecule has 1 amide bonds. The Balaban J connectivity index is 1.54. The summed E-state index contributed by atoms with van der Waals surface area (Å²) in [4.78, 5) is 12.1. The fourth-order valence-corrected chi connectivity index (χ4v) is 3.27. The van der Waals surface area contributed by atoms with E-state index in [0.717, 1.165) is 15.6 Å². The molecule has 0 aromatic heterocycles. The Bertz CT molecular complexity index is 697. The smallest absolute Gasteiger partial charge is 0.258 e. The van der Waals surface area contributed by atoms with Gasteiger partial charge in [-0.15, -0.1) is 0 Å². The van der Waals surface area contributed by atoms with Crippen LogP contribution in [0.2, 0.25) is 0 Å². The first-order valence-corrected chi connectivity index (χ1v) is 8.99. The molecule has 0 fully saturated rings. The van der Waals surface area contributed by atoms with E-state index in [2.05, 4.69) is 46.1 Å². The minimum Gasteiger partial charge on any atom is -0.484 e. The van der Waals surface area contributed by atoms with Gasteiger partial charge in [-0.05, 0) is 89.7 Å². The van der Waals surface area contributed by atoms with Crippen LogP contribution in [0.4, 0.5) is 0 Å². The molecule has 0 spiro atoms. The summed E-state index contributed by atoms with van der Waals surface area (Å²) in [6, 6.07) is 14.2. The summed E-state index contributed by atoms with van der Waals surface area (Å²) in [5.41, 5.74) is 4.04. The molecule has 0 aliphatic heterocycles. The van der Waals surface area contributed by atoms with Crippen LogP contribution >= 0.6 is 22.6 Å². The molecule has 0 bridgehead atoms. The number of aryl methyl sites for hydroxylation is 2. The number of fused-ring (bicyclic) bond motifs is 1. The van der Waals surface area contributed by atoms with E-state index in [9.17, 15) is 4.79 Å². The van der Waals surface area contributed by atoms with Gasteiger partial charge >= 0.3 is 0 Å². The molecule has 2 aromatic carbocycles. The Morgan fingerprint density at radius 2 is 1.91 bits per heavy atom. The van der Waals surface area contributed by atoms with E-state index >= 15 is 0 Å². The monoisotopic (exact) mass is 421 g/mol. The van der Waals surface area contributed by atoms with Gasteiger partial charge in [0.1, 0.15) is 5.75 Å². The van der Waals surface area contributed by atoms with Crippen molar-refractivity contribution in [2.24, 2.45) is 0 Å². The van der Waals surface area contributed by atoms with Crippen molar-refractivity contribution in [1.29, 1.82) is 0 Å². The quantitative estimate of drug-likeness (QED) is 0.741. The van der Waals surface area contributed by atoms with Crippen molar-refractivity contribution in [2.45, 2.75) is 32.2 Å². The van der Waals surface area contributed by atoms with Gasteiger partial charge in [-0.3, -0.25) is 4.79 Å². The lowest BCUT2D eigenvalue weighted by molar-refractivity contribution is -0.123. The predicted molar refractivity (Wildman–Crippen MR) is 99.7 cm³/mol. The van der Waals surface area contributed by atoms with E-state index in [1.165, 1.54) is 24.0 Å². The Hall–Kier alpha value is -1.56. The standard InChI is InChI=1S/C19H20INO2/c1-13(15-6-5-14-3-2-4-16(14)11-15)21-19(22)12-23-18-9-7-17(20)8-10-18/h5-11,13H,2-4,12H2,1H3,(H,21,22). The van der Waals surface area contributed by atoms with Gasteiger partial charge < -0.3 is 10.1 Å². The average Bonchev–Trinajstić information content (AvgIpc) is 3.02. The summed E-state index contributed by atoms with van der Waals surface area (Å²) in [6.45, 7) is 2.05. The normalized spacial score (nSPS) is 14.2. The number of carbonyl (C=O) groups is 1. The first kappa shape index (κ1) is 16.3. The zero-order valence-corrected chi connectivity index (χ0v) is 15.3. The van der Waals surface area contributed by atoms with E-state index in [-0.39, 0.29) is 18.6 Å². The van der Waals surface area contributed by atoms with Crippen LogP contribution in [0.5, 0.6) is 5.75 Å². The highest BCUT2D eigenvalue weighted by atomic mass is 127. The number of benzene rings is 2.